The molecule has 0 bridgehead atoms. The minimum Gasteiger partial charge on any atom is -0.496 e. The van der Waals surface area contributed by atoms with Gasteiger partial charge < -0.3 is 10.1 Å². The molecule has 0 aliphatic rings. The normalized spacial score (nSPS) is 10.3. The van der Waals surface area contributed by atoms with Gasteiger partial charge in [-0.1, -0.05) is 25.1 Å². The van der Waals surface area contributed by atoms with Crippen molar-refractivity contribution in [3.63, 3.8) is 0 Å². The second-order valence-corrected chi connectivity index (χ2v) is 4.68. The maximum Gasteiger partial charge on any atom is 0.202 e. The zero-order chi connectivity index (χ0) is 12.8. The number of aryl methyl sites for hydroxylation is 1. The average molecular weight is 263 g/mol. The van der Waals surface area contributed by atoms with Crippen LogP contribution in [0.3, 0.4) is 0 Å². The van der Waals surface area contributed by atoms with Gasteiger partial charge in [0.15, 0.2) is 0 Å². The van der Waals surface area contributed by atoms with Gasteiger partial charge in [0.2, 0.25) is 5.13 Å². The van der Waals surface area contributed by atoms with Gasteiger partial charge in [0.1, 0.15) is 11.6 Å². The predicted octanol–water partition coefficient (Wildman–Crippen LogP) is 3.11. The van der Waals surface area contributed by atoms with Crippen molar-refractivity contribution >= 4 is 16.7 Å². The summed E-state index contributed by atoms with van der Waals surface area (Å²) in [4.78, 5) is 4.43. The Morgan fingerprint density at radius 1 is 1.33 bits per heavy atom. The van der Waals surface area contributed by atoms with E-state index in [1.54, 1.807) is 7.11 Å². The first kappa shape index (κ1) is 12.8. The van der Waals surface area contributed by atoms with Crippen molar-refractivity contribution in [1.82, 2.24) is 9.36 Å². The Labute approximate surface area is 111 Å². The Hall–Kier alpha value is -1.62. The van der Waals surface area contributed by atoms with E-state index < -0.39 is 0 Å². The van der Waals surface area contributed by atoms with Crippen molar-refractivity contribution in [3.05, 3.63) is 35.7 Å². The lowest BCUT2D eigenvalue weighted by molar-refractivity contribution is 0.410. The number of rotatable bonds is 6. The van der Waals surface area contributed by atoms with Crippen LogP contribution in [0.25, 0.3) is 0 Å². The van der Waals surface area contributed by atoms with Crippen molar-refractivity contribution in [3.8, 4) is 5.75 Å². The Balaban J connectivity index is 1.97. The molecule has 96 valence electrons. The van der Waals surface area contributed by atoms with Gasteiger partial charge in [-0.05, 0) is 12.5 Å². The fourth-order valence-corrected chi connectivity index (χ4v) is 2.28. The van der Waals surface area contributed by atoms with Crippen LogP contribution >= 0.6 is 11.5 Å². The summed E-state index contributed by atoms with van der Waals surface area (Å²) in [5.74, 6) is 1.81. The zero-order valence-corrected chi connectivity index (χ0v) is 11.5. The molecule has 1 N–H and O–H groups in total. The Kier molecular flexibility index (Phi) is 4.52. The molecule has 5 heteroatoms. The van der Waals surface area contributed by atoms with Crippen LogP contribution < -0.4 is 10.1 Å². The standard InChI is InChI=1S/C13H17N3OS/c1-3-6-12-15-13(18-16-12)14-9-10-7-4-5-8-11(10)17-2/h4-5,7-8H,3,6,9H2,1-2H3,(H,14,15,16). The third kappa shape index (κ3) is 3.20. The highest BCUT2D eigenvalue weighted by Crippen LogP contribution is 2.19. The minimum absolute atomic E-state index is 0.699. The number of hydrogen-bond acceptors (Lipinski definition) is 5. The summed E-state index contributed by atoms with van der Waals surface area (Å²) in [5.41, 5.74) is 1.12. The number of anilines is 1. The molecular weight excluding hydrogens is 246 g/mol. The number of ether oxygens (including phenoxy) is 1. The number of nitrogens with one attached hydrogen (secondary N) is 1. The first-order chi connectivity index (χ1) is 8.83. The summed E-state index contributed by atoms with van der Waals surface area (Å²) in [5, 5.41) is 4.14. The number of aromatic nitrogens is 2. The summed E-state index contributed by atoms with van der Waals surface area (Å²) < 4.78 is 9.60. The molecule has 1 heterocycles. The van der Waals surface area contributed by atoms with E-state index >= 15 is 0 Å². The number of para-hydroxylation sites is 1. The third-order valence-corrected chi connectivity index (χ3v) is 3.27. The van der Waals surface area contributed by atoms with Crippen molar-refractivity contribution < 1.29 is 4.74 Å². The van der Waals surface area contributed by atoms with Gasteiger partial charge in [0, 0.05) is 30.1 Å². The molecule has 0 saturated heterocycles. The lowest BCUT2D eigenvalue weighted by atomic mass is 10.2. The van der Waals surface area contributed by atoms with Gasteiger partial charge in [-0.15, -0.1) is 0 Å². The molecule has 0 unspecified atom stereocenters. The molecule has 2 rings (SSSR count). The van der Waals surface area contributed by atoms with Gasteiger partial charge in [-0.25, -0.2) is 4.98 Å². The highest BCUT2D eigenvalue weighted by Gasteiger charge is 2.05. The molecule has 1 aromatic carbocycles. The molecule has 0 atom stereocenters. The molecule has 0 saturated carbocycles. The number of methoxy groups -OCH3 is 1. The number of hydrogen-bond donors (Lipinski definition) is 1. The van der Waals surface area contributed by atoms with E-state index in [4.69, 9.17) is 4.74 Å². The molecule has 0 fully saturated rings. The lowest BCUT2D eigenvalue weighted by Gasteiger charge is -2.07. The molecule has 0 spiro atoms. The van der Waals surface area contributed by atoms with Crippen LogP contribution in [0.2, 0.25) is 0 Å². The van der Waals surface area contributed by atoms with Crippen LogP contribution in [0, 0.1) is 0 Å². The van der Waals surface area contributed by atoms with Crippen LogP contribution in [0.4, 0.5) is 5.13 Å². The zero-order valence-electron chi connectivity index (χ0n) is 10.6. The van der Waals surface area contributed by atoms with Crippen LogP contribution in [0.1, 0.15) is 24.7 Å². The number of nitrogens with zero attached hydrogens (tertiary/aromatic N) is 2. The number of benzene rings is 1. The molecule has 2 aromatic rings. The van der Waals surface area contributed by atoms with E-state index in [2.05, 4.69) is 21.6 Å². The van der Waals surface area contributed by atoms with E-state index in [0.29, 0.717) is 6.54 Å². The molecule has 0 aliphatic heterocycles. The molecule has 0 radical (unpaired) electrons. The summed E-state index contributed by atoms with van der Waals surface area (Å²) in [6, 6.07) is 7.97. The van der Waals surface area contributed by atoms with Crippen LogP contribution in [0.5, 0.6) is 5.75 Å². The van der Waals surface area contributed by atoms with Crippen molar-refractivity contribution in [2.75, 3.05) is 12.4 Å². The second kappa shape index (κ2) is 6.35. The first-order valence-electron chi connectivity index (χ1n) is 6.02. The smallest absolute Gasteiger partial charge is 0.202 e. The Morgan fingerprint density at radius 2 is 2.17 bits per heavy atom. The van der Waals surface area contributed by atoms with E-state index in [1.165, 1.54) is 11.5 Å². The fourth-order valence-electron chi connectivity index (χ4n) is 1.67. The van der Waals surface area contributed by atoms with E-state index in [-0.39, 0.29) is 0 Å². The topological polar surface area (TPSA) is 47.0 Å². The van der Waals surface area contributed by atoms with Crippen molar-refractivity contribution in [2.45, 2.75) is 26.3 Å². The predicted molar refractivity (Wildman–Crippen MR) is 74.2 cm³/mol. The van der Waals surface area contributed by atoms with Crippen molar-refractivity contribution in [1.29, 1.82) is 0 Å². The highest BCUT2D eigenvalue weighted by atomic mass is 32.1. The van der Waals surface area contributed by atoms with Gasteiger partial charge in [-0.2, -0.15) is 4.37 Å². The molecule has 18 heavy (non-hydrogen) atoms. The van der Waals surface area contributed by atoms with E-state index in [9.17, 15) is 0 Å². The molecule has 1 aromatic heterocycles. The molecule has 0 aliphatic carbocycles. The van der Waals surface area contributed by atoms with Crippen LogP contribution in [0.15, 0.2) is 24.3 Å². The highest BCUT2D eigenvalue weighted by molar-refractivity contribution is 7.09. The second-order valence-electron chi connectivity index (χ2n) is 3.93. The van der Waals surface area contributed by atoms with Crippen LogP contribution in [-0.4, -0.2) is 16.5 Å². The Bertz CT molecular complexity index is 498. The maximum atomic E-state index is 5.30. The summed E-state index contributed by atoms with van der Waals surface area (Å²) >= 11 is 1.41. The lowest BCUT2D eigenvalue weighted by Crippen LogP contribution is -2.01. The van der Waals surface area contributed by atoms with Crippen LogP contribution in [-0.2, 0) is 13.0 Å². The quantitative estimate of drug-likeness (QED) is 0.870. The summed E-state index contributed by atoms with van der Waals surface area (Å²) in [7, 11) is 1.68. The Morgan fingerprint density at radius 3 is 2.94 bits per heavy atom. The summed E-state index contributed by atoms with van der Waals surface area (Å²) in [6.45, 7) is 2.83. The maximum absolute atomic E-state index is 5.30. The monoisotopic (exact) mass is 263 g/mol. The molecule has 0 amide bonds. The van der Waals surface area contributed by atoms with Crippen molar-refractivity contribution in [2.24, 2.45) is 0 Å². The van der Waals surface area contributed by atoms with Gasteiger partial charge in [-0.3, -0.25) is 0 Å². The largest absolute Gasteiger partial charge is 0.496 e. The first-order valence-corrected chi connectivity index (χ1v) is 6.79. The van der Waals surface area contributed by atoms with Gasteiger partial charge in [0.25, 0.3) is 0 Å². The fraction of sp³-hybridized carbons (Fsp3) is 0.385. The minimum atomic E-state index is 0.699. The van der Waals surface area contributed by atoms with E-state index in [1.807, 2.05) is 24.3 Å². The molecule has 4 nitrogen and oxygen atoms in total. The van der Waals surface area contributed by atoms with Gasteiger partial charge in [0.05, 0.1) is 7.11 Å². The average Bonchev–Trinajstić information content (AvgIpc) is 2.85. The molecular formula is C13H17N3OS. The third-order valence-electron chi connectivity index (χ3n) is 2.56. The SMILES string of the molecule is CCCc1nsc(NCc2ccccc2OC)n1. The van der Waals surface area contributed by atoms with E-state index in [0.717, 1.165) is 35.1 Å². The summed E-state index contributed by atoms with van der Waals surface area (Å²) in [6.07, 6.45) is 2.01. The van der Waals surface area contributed by atoms with Gasteiger partial charge >= 0.3 is 0 Å².